The van der Waals surface area contributed by atoms with Crippen molar-refractivity contribution in [2.75, 3.05) is 20.7 Å². The summed E-state index contributed by atoms with van der Waals surface area (Å²) in [5, 5.41) is 0. The Balaban J connectivity index is 2.52. The Bertz CT molecular complexity index is 427. The quantitative estimate of drug-likeness (QED) is 0.756. The molecule has 0 unspecified atom stereocenters. The average molecular weight is 394 g/mol. The lowest BCUT2D eigenvalue weighted by molar-refractivity contribution is -0.128. The second-order valence-corrected chi connectivity index (χ2v) is 6.04. The molecule has 0 saturated carbocycles. The van der Waals surface area contributed by atoms with Gasteiger partial charge in [-0.15, -0.1) is 0 Å². The van der Waals surface area contributed by atoms with Crippen LogP contribution in [0.4, 0.5) is 0 Å². The normalized spacial score (nSPS) is 10.4. The molecule has 106 valence electrons. The predicted molar refractivity (Wildman–Crippen MR) is 83.2 cm³/mol. The maximum absolute atomic E-state index is 11.4. The number of hydrogen-bond acceptors (Lipinski definition) is 3. The molecule has 0 aromatic heterocycles. The highest BCUT2D eigenvalue weighted by Crippen LogP contribution is 2.34. The lowest BCUT2D eigenvalue weighted by Crippen LogP contribution is -2.21. The van der Waals surface area contributed by atoms with Crippen LogP contribution < -0.4 is 10.5 Å². The third-order valence-electron chi connectivity index (χ3n) is 2.57. The van der Waals surface area contributed by atoms with E-state index in [2.05, 4.69) is 31.9 Å². The summed E-state index contributed by atoms with van der Waals surface area (Å²) in [5.74, 6) is 0.856. The molecule has 0 radical (unpaired) electrons. The maximum Gasteiger partial charge on any atom is 0.222 e. The van der Waals surface area contributed by atoms with Crippen molar-refractivity contribution in [1.29, 1.82) is 0 Å². The minimum absolute atomic E-state index is 0.111. The molecule has 1 amide bonds. The van der Waals surface area contributed by atoms with Crippen molar-refractivity contribution in [3.05, 3.63) is 26.6 Å². The molecule has 0 aliphatic heterocycles. The SMILES string of the molecule is CN(C)C(=O)CCCOc1c(Br)cc(CN)cc1Br. The summed E-state index contributed by atoms with van der Waals surface area (Å²) in [6.45, 7) is 0.980. The number of nitrogens with zero attached hydrogens (tertiary/aromatic N) is 1. The Morgan fingerprint density at radius 3 is 2.37 bits per heavy atom. The molecule has 2 N–H and O–H groups in total. The van der Waals surface area contributed by atoms with E-state index in [1.807, 2.05) is 12.1 Å². The van der Waals surface area contributed by atoms with Crippen LogP contribution in [0.5, 0.6) is 5.75 Å². The van der Waals surface area contributed by atoms with Crippen LogP contribution in [0.3, 0.4) is 0 Å². The Morgan fingerprint density at radius 2 is 1.89 bits per heavy atom. The van der Waals surface area contributed by atoms with Gasteiger partial charge in [-0.1, -0.05) is 0 Å². The van der Waals surface area contributed by atoms with Crippen molar-refractivity contribution >= 4 is 37.8 Å². The van der Waals surface area contributed by atoms with Crippen LogP contribution in [0, 0.1) is 0 Å². The molecule has 1 aromatic rings. The molecule has 1 rings (SSSR count). The van der Waals surface area contributed by atoms with Crippen LogP contribution >= 0.6 is 31.9 Å². The zero-order valence-electron chi connectivity index (χ0n) is 11.1. The Labute approximate surface area is 130 Å². The van der Waals surface area contributed by atoms with Crippen LogP contribution in [0.1, 0.15) is 18.4 Å². The molecule has 0 fully saturated rings. The van der Waals surface area contributed by atoms with Crippen molar-refractivity contribution < 1.29 is 9.53 Å². The first kappa shape index (κ1) is 16.5. The second kappa shape index (κ2) is 7.87. The largest absolute Gasteiger partial charge is 0.491 e. The minimum atomic E-state index is 0.111. The number of carbonyl (C=O) groups is 1. The van der Waals surface area contributed by atoms with E-state index in [-0.39, 0.29) is 5.91 Å². The molecule has 0 heterocycles. The monoisotopic (exact) mass is 392 g/mol. The number of ether oxygens (including phenoxy) is 1. The van der Waals surface area contributed by atoms with Crippen molar-refractivity contribution in [3.63, 3.8) is 0 Å². The highest BCUT2D eigenvalue weighted by atomic mass is 79.9. The Kier molecular flexibility index (Phi) is 6.82. The molecule has 0 atom stereocenters. The summed E-state index contributed by atoms with van der Waals surface area (Å²) >= 11 is 6.91. The number of rotatable bonds is 6. The number of amides is 1. The summed E-state index contributed by atoms with van der Waals surface area (Å²) in [4.78, 5) is 13.0. The first-order chi connectivity index (χ1) is 8.95. The van der Waals surface area contributed by atoms with E-state index in [1.54, 1.807) is 19.0 Å². The van der Waals surface area contributed by atoms with Crippen molar-refractivity contribution in [3.8, 4) is 5.75 Å². The summed E-state index contributed by atoms with van der Waals surface area (Å²) in [5.41, 5.74) is 6.62. The van der Waals surface area contributed by atoms with Gasteiger partial charge >= 0.3 is 0 Å². The van der Waals surface area contributed by atoms with E-state index in [4.69, 9.17) is 10.5 Å². The summed E-state index contributed by atoms with van der Waals surface area (Å²) in [7, 11) is 3.50. The van der Waals surface area contributed by atoms with Crippen molar-refractivity contribution in [1.82, 2.24) is 4.90 Å². The van der Waals surface area contributed by atoms with Gasteiger partial charge < -0.3 is 15.4 Å². The third-order valence-corrected chi connectivity index (χ3v) is 3.75. The second-order valence-electron chi connectivity index (χ2n) is 4.33. The van der Waals surface area contributed by atoms with Crippen molar-refractivity contribution in [2.45, 2.75) is 19.4 Å². The molecule has 6 heteroatoms. The minimum Gasteiger partial charge on any atom is -0.491 e. The van der Waals surface area contributed by atoms with Gasteiger partial charge in [0.2, 0.25) is 5.91 Å². The van der Waals surface area contributed by atoms with Gasteiger partial charge in [0.15, 0.2) is 0 Å². The van der Waals surface area contributed by atoms with Gasteiger partial charge in [0, 0.05) is 27.1 Å². The van der Waals surface area contributed by atoms with Crippen LogP contribution in [0.25, 0.3) is 0 Å². The fraction of sp³-hybridized carbons (Fsp3) is 0.462. The van der Waals surface area contributed by atoms with E-state index < -0.39 is 0 Å². The predicted octanol–water partition coefficient (Wildman–Crippen LogP) is 2.92. The Morgan fingerprint density at radius 1 is 1.32 bits per heavy atom. The van der Waals surface area contributed by atoms with Crippen LogP contribution in [0.2, 0.25) is 0 Å². The molecular formula is C13H18Br2N2O2. The molecule has 1 aromatic carbocycles. The number of nitrogens with two attached hydrogens (primary N) is 1. The molecule has 0 aliphatic carbocycles. The fourth-order valence-electron chi connectivity index (χ4n) is 1.49. The van der Waals surface area contributed by atoms with Gasteiger partial charge in [0.1, 0.15) is 5.75 Å². The smallest absolute Gasteiger partial charge is 0.222 e. The van der Waals surface area contributed by atoms with Gasteiger partial charge in [0.25, 0.3) is 0 Å². The van der Waals surface area contributed by atoms with Gasteiger partial charge in [-0.3, -0.25) is 4.79 Å². The van der Waals surface area contributed by atoms with Gasteiger partial charge in [-0.2, -0.15) is 0 Å². The number of carbonyl (C=O) groups excluding carboxylic acids is 1. The maximum atomic E-state index is 11.4. The van der Waals surface area contributed by atoms with Crippen LogP contribution in [-0.4, -0.2) is 31.5 Å². The standard InChI is InChI=1S/C13H18Br2N2O2/c1-17(2)12(18)4-3-5-19-13-10(14)6-9(8-16)7-11(13)15/h6-7H,3-5,8,16H2,1-2H3. The number of benzene rings is 1. The average Bonchev–Trinajstić information content (AvgIpc) is 2.36. The van der Waals surface area contributed by atoms with Gasteiger partial charge in [-0.05, 0) is 56.0 Å². The molecule has 0 aliphatic rings. The molecule has 0 bridgehead atoms. The summed E-state index contributed by atoms with van der Waals surface area (Å²) < 4.78 is 7.42. The highest BCUT2D eigenvalue weighted by Gasteiger charge is 2.09. The van der Waals surface area contributed by atoms with E-state index in [9.17, 15) is 4.79 Å². The van der Waals surface area contributed by atoms with Gasteiger partial charge in [-0.25, -0.2) is 0 Å². The molecule has 0 spiro atoms. The topological polar surface area (TPSA) is 55.6 Å². The van der Waals surface area contributed by atoms with Crippen LogP contribution in [-0.2, 0) is 11.3 Å². The zero-order chi connectivity index (χ0) is 14.4. The fourth-order valence-corrected chi connectivity index (χ4v) is 3.00. The lowest BCUT2D eigenvalue weighted by Gasteiger charge is -2.13. The Hall–Kier alpha value is -0.590. The van der Waals surface area contributed by atoms with E-state index in [0.29, 0.717) is 26.0 Å². The number of halogens is 2. The van der Waals surface area contributed by atoms with E-state index >= 15 is 0 Å². The number of hydrogen-bond donors (Lipinski definition) is 1. The highest BCUT2D eigenvalue weighted by molar-refractivity contribution is 9.11. The van der Waals surface area contributed by atoms with E-state index in [0.717, 1.165) is 20.3 Å². The first-order valence-corrected chi connectivity index (χ1v) is 7.55. The van der Waals surface area contributed by atoms with E-state index in [1.165, 1.54) is 0 Å². The molecule has 0 saturated heterocycles. The first-order valence-electron chi connectivity index (χ1n) is 5.96. The van der Waals surface area contributed by atoms with Crippen molar-refractivity contribution in [2.24, 2.45) is 5.73 Å². The van der Waals surface area contributed by atoms with Gasteiger partial charge in [0.05, 0.1) is 15.6 Å². The molecular weight excluding hydrogens is 376 g/mol. The molecule has 19 heavy (non-hydrogen) atoms. The molecule has 4 nitrogen and oxygen atoms in total. The zero-order valence-corrected chi connectivity index (χ0v) is 14.3. The van der Waals surface area contributed by atoms with Crippen LogP contribution in [0.15, 0.2) is 21.1 Å². The third kappa shape index (κ3) is 5.12. The lowest BCUT2D eigenvalue weighted by atomic mass is 10.2. The summed E-state index contributed by atoms with van der Waals surface area (Å²) in [6, 6.07) is 3.87. The summed E-state index contributed by atoms with van der Waals surface area (Å²) in [6.07, 6.45) is 1.18.